The second-order valence-corrected chi connectivity index (χ2v) is 2.75. The highest BCUT2D eigenvalue weighted by molar-refractivity contribution is 5.76. The van der Waals surface area contributed by atoms with Crippen molar-refractivity contribution in [1.29, 1.82) is 0 Å². The number of nitrogens with zero attached hydrogens (tertiary/aromatic N) is 1. The van der Waals surface area contributed by atoms with Gasteiger partial charge in [0.05, 0.1) is 7.11 Å². The van der Waals surface area contributed by atoms with Crippen LogP contribution in [0.2, 0.25) is 0 Å². The third kappa shape index (κ3) is 6.21. The molecule has 0 aromatic rings. The lowest BCUT2D eigenvalue weighted by Gasteiger charge is -2.02. The Morgan fingerprint density at radius 2 is 2.43 bits per heavy atom. The molecule has 0 amide bonds. The van der Waals surface area contributed by atoms with Crippen LogP contribution in [0.1, 0.15) is 12.8 Å². The number of carboxylic acid groups (broad SMARTS) is 1. The summed E-state index contributed by atoms with van der Waals surface area (Å²) in [5, 5.41) is 8.52. The minimum absolute atomic E-state index is 0.184. The molecule has 0 spiro atoms. The number of nitrogens with one attached hydrogen (secondary N) is 1. The zero-order chi connectivity index (χ0) is 11.0. The van der Waals surface area contributed by atoms with Gasteiger partial charge >= 0.3 is 5.97 Å². The van der Waals surface area contributed by atoms with Gasteiger partial charge in [-0.15, -0.1) is 0 Å². The molecular formula is C7H17N4O3+. The maximum atomic E-state index is 10.4. The highest BCUT2D eigenvalue weighted by Gasteiger charge is 2.13. The molecule has 0 unspecified atom stereocenters. The molecule has 0 aliphatic carbocycles. The molecule has 0 aliphatic rings. The summed E-state index contributed by atoms with van der Waals surface area (Å²) in [6.45, 7) is 0.460. The maximum absolute atomic E-state index is 10.4. The molecule has 0 aromatic carbocycles. The third-order valence-electron chi connectivity index (χ3n) is 1.55. The van der Waals surface area contributed by atoms with Gasteiger partial charge in [0.25, 0.3) is 0 Å². The fraction of sp³-hybridized carbons (Fsp3) is 0.714. The van der Waals surface area contributed by atoms with Crippen LogP contribution in [-0.4, -0.2) is 36.7 Å². The highest BCUT2D eigenvalue weighted by atomic mass is 16.6. The van der Waals surface area contributed by atoms with Crippen LogP contribution < -0.4 is 16.9 Å². The fourth-order valence-electron chi connectivity index (χ4n) is 0.798. The molecule has 7 nitrogen and oxygen atoms in total. The highest BCUT2D eigenvalue weighted by Crippen LogP contribution is 1.93. The SMILES string of the molecule is CONC(N)=NCCC[C@H]([NH3+])C(=O)O. The van der Waals surface area contributed by atoms with Gasteiger partial charge in [-0.1, -0.05) is 0 Å². The topological polar surface area (TPSA) is 125 Å². The lowest BCUT2D eigenvalue weighted by Crippen LogP contribution is -2.64. The van der Waals surface area contributed by atoms with Crippen molar-refractivity contribution in [3.63, 3.8) is 0 Å². The minimum atomic E-state index is -0.892. The van der Waals surface area contributed by atoms with Crippen molar-refractivity contribution < 1.29 is 20.5 Å². The Morgan fingerprint density at radius 1 is 1.79 bits per heavy atom. The molecule has 82 valence electrons. The Hall–Kier alpha value is -1.34. The number of hydrogen-bond acceptors (Lipinski definition) is 3. The minimum Gasteiger partial charge on any atom is -0.477 e. The number of hydroxylamine groups is 1. The average Bonchev–Trinajstić information content (AvgIpc) is 2.12. The van der Waals surface area contributed by atoms with E-state index in [-0.39, 0.29) is 5.96 Å². The summed E-state index contributed by atoms with van der Waals surface area (Å²) in [5.74, 6) is -0.708. The molecule has 0 saturated heterocycles. The largest absolute Gasteiger partial charge is 0.477 e. The first-order valence-corrected chi connectivity index (χ1v) is 4.22. The normalized spacial score (nSPS) is 13.7. The summed E-state index contributed by atoms with van der Waals surface area (Å²) >= 11 is 0. The van der Waals surface area contributed by atoms with Crippen LogP contribution in [0, 0.1) is 0 Å². The van der Waals surface area contributed by atoms with Crippen molar-refractivity contribution in [2.45, 2.75) is 18.9 Å². The van der Waals surface area contributed by atoms with Crippen LogP contribution in [0.4, 0.5) is 0 Å². The van der Waals surface area contributed by atoms with Gasteiger partial charge < -0.3 is 16.6 Å². The quantitative estimate of drug-likeness (QED) is 0.171. The van der Waals surface area contributed by atoms with Crippen LogP contribution in [0.25, 0.3) is 0 Å². The molecule has 14 heavy (non-hydrogen) atoms. The number of guanidine groups is 1. The number of aliphatic carboxylic acids is 1. The molecule has 0 bridgehead atoms. The van der Waals surface area contributed by atoms with Gasteiger partial charge in [0, 0.05) is 13.0 Å². The van der Waals surface area contributed by atoms with E-state index in [1.807, 2.05) is 0 Å². The third-order valence-corrected chi connectivity index (χ3v) is 1.55. The van der Waals surface area contributed by atoms with E-state index in [0.29, 0.717) is 19.4 Å². The van der Waals surface area contributed by atoms with Gasteiger partial charge in [-0.05, 0) is 6.42 Å². The molecule has 0 saturated carbocycles. The lowest BCUT2D eigenvalue weighted by molar-refractivity contribution is -0.409. The van der Waals surface area contributed by atoms with Crippen molar-refractivity contribution >= 4 is 11.9 Å². The second-order valence-electron chi connectivity index (χ2n) is 2.75. The average molecular weight is 205 g/mol. The van der Waals surface area contributed by atoms with Gasteiger partial charge in [-0.3, -0.25) is 9.83 Å². The standard InChI is InChI=1S/C7H16N4O3/c1-14-11-7(9)10-4-2-3-5(8)6(12)13/h5H,2-4,8H2,1H3,(H,12,13)(H3,9,10,11)/p+1/t5-/m0/s1. The summed E-state index contributed by atoms with van der Waals surface area (Å²) in [6, 6.07) is -0.582. The summed E-state index contributed by atoms with van der Waals surface area (Å²) in [7, 11) is 1.43. The van der Waals surface area contributed by atoms with E-state index in [2.05, 4.69) is 21.0 Å². The van der Waals surface area contributed by atoms with Crippen LogP contribution in [0.5, 0.6) is 0 Å². The van der Waals surface area contributed by atoms with Crippen molar-refractivity contribution in [2.75, 3.05) is 13.7 Å². The van der Waals surface area contributed by atoms with Gasteiger partial charge in [0.15, 0.2) is 6.04 Å². The van der Waals surface area contributed by atoms with Crippen molar-refractivity contribution in [3.05, 3.63) is 0 Å². The summed E-state index contributed by atoms with van der Waals surface area (Å²) < 4.78 is 0. The molecule has 0 rings (SSSR count). The van der Waals surface area contributed by atoms with E-state index in [4.69, 9.17) is 10.8 Å². The first-order chi connectivity index (χ1) is 6.57. The second kappa shape index (κ2) is 7.10. The van der Waals surface area contributed by atoms with Gasteiger partial charge in [-0.2, -0.15) is 0 Å². The Balaban J connectivity index is 3.55. The first kappa shape index (κ1) is 12.7. The van der Waals surface area contributed by atoms with E-state index in [1.165, 1.54) is 7.11 Å². The number of carbonyl (C=O) groups is 1. The van der Waals surface area contributed by atoms with E-state index < -0.39 is 12.0 Å². The Morgan fingerprint density at radius 3 is 2.93 bits per heavy atom. The molecular weight excluding hydrogens is 188 g/mol. The number of hydrogen-bond donors (Lipinski definition) is 4. The molecule has 0 fully saturated rings. The van der Waals surface area contributed by atoms with E-state index >= 15 is 0 Å². The number of rotatable bonds is 6. The lowest BCUT2D eigenvalue weighted by atomic mass is 10.2. The molecule has 0 heterocycles. The van der Waals surface area contributed by atoms with Crippen molar-refractivity contribution in [2.24, 2.45) is 10.7 Å². The molecule has 0 radical (unpaired) electrons. The summed E-state index contributed by atoms with van der Waals surface area (Å²) in [5.41, 5.74) is 11.2. The van der Waals surface area contributed by atoms with Gasteiger partial charge in [-0.25, -0.2) is 10.3 Å². The Bertz CT molecular complexity index is 207. The van der Waals surface area contributed by atoms with Crippen LogP contribution in [-0.2, 0) is 9.63 Å². The van der Waals surface area contributed by atoms with Gasteiger partial charge in [0.1, 0.15) is 0 Å². The molecule has 0 aliphatic heterocycles. The van der Waals surface area contributed by atoms with Crippen LogP contribution in [0.3, 0.4) is 0 Å². The zero-order valence-corrected chi connectivity index (χ0v) is 8.19. The van der Waals surface area contributed by atoms with E-state index in [1.54, 1.807) is 0 Å². The summed E-state index contributed by atoms with van der Waals surface area (Å²) in [4.78, 5) is 18.8. The first-order valence-electron chi connectivity index (χ1n) is 4.22. The fourth-order valence-corrected chi connectivity index (χ4v) is 0.798. The van der Waals surface area contributed by atoms with Gasteiger partial charge in [0.2, 0.25) is 5.96 Å². The number of nitrogens with two attached hydrogens (primary N) is 1. The summed E-state index contributed by atoms with van der Waals surface area (Å²) in [6.07, 6.45) is 1.12. The number of carboxylic acids is 1. The van der Waals surface area contributed by atoms with E-state index in [0.717, 1.165) is 0 Å². The van der Waals surface area contributed by atoms with E-state index in [9.17, 15) is 4.79 Å². The smallest absolute Gasteiger partial charge is 0.362 e. The van der Waals surface area contributed by atoms with Crippen molar-refractivity contribution in [1.82, 2.24) is 5.48 Å². The number of aliphatic imine (C=N–C) groups is 1. The Labute approximate surface area is 82.1 Å². The number of quaternary nitrogens is 1. The zero-order valence-electron chi connectivity index (χ0n) is 8.19. The van der Waals surface area contributed by atoms with Crippen LogP contribution >= 0.6 is 0 Å². The predicted molar refractivity (Wildman–Crippen MR) is 50.2 cm³/mol. The molecule has 7 N–H and O–H groups in total. The van der Waals surface area contributed by atoms with Crippen molar-refractivity contribution in [3.8, 4) is 0 Å². The molecule has 1 atom stereocenters. The molecule has 0 aromatic heterocycles. The molecule has 7 heteroatoms. The monoisotopic (exact) mass is 205 g/mol. The Kier molecular flexibility index (Phi) is 6.42. The maximum Gasteiger partial charge on any atom is 0.362 e. The predicted octanol–water partition coefficient (Wildman–Crippen LogP) is -2.07. The van der Waals surface area contributed by atoms with Crippen LogP contribution in [0.15, 0.2) is 4.99 Å².